The molecular weight excluding hydrogens is 220 g/mol. The number of hydrogen-bond donors (Lipinski definition) is 2. The number of benzene rings is 1. The zero-order valence-electron chi connectivity index (χ0n) is 9.52. The van der Waals surface area contributed by atoms with E-state index in [1.807, 2.05) is 0 Å². The van der Waals surface area contributed by atoms with Crippen LogP contribution in [0.4, 0.5) is 0 Å². The van der Waals surface area contributed by atoms with Crippen molar-refractivity contribution in [2.45, 2.75) is 6.10 Å². The number of ether oxygens (including phenoxy) is 3. The van der Waals surface area contributed by atoms with Gasteiger partial charge in [-0.15, -0.1) is 0 Å². The van der Waals surface area contributed by atoms with Gasteiger partial charge in [0.1, 0.15) is 24.3 Å². The van der Waals surface area contributed by atoms with Gasteiger partial charge in [0.05, 0.1) is 19.8 Å². The lowest BCUT2D eigenvalue weighted by Gasteiger charge is -2.25. The standard InChI is InChI=1S/C12H16N2O3/c13-12(14)9-1-3-10(4-2-9)16-5-6-17-11-7-15-8-11/h1-4,11H,5-8H2,(H3,13,14). The number of hydrogen-bond acceptors (Lipinski definition) is 4. The maximum Gasteiger partial charge on any atom is 0.122 e. The number of amidine groups is 1. The van der Waals surface area contributed by atoms with E-state index in [9.17, 15) is 0 Å². The molecule has 92 valence electrons. The van der Waals surface area contributed by atoms with E-state index in [1.165, 1.54) is 0 Å². The largest absolute Gasteiger partial charge is 0.491 e. The molecule has 17 heavy (non-hydrogen) atoms. The minimum atomic E-state index is 0.0601. The zero-order chi connectivity index (χ0) is 12.1. The Kier molecular flexibility index (Phi) is 3.95. The van der Waals surface area contributed by atoms with Gasteiger partial charge >= 0.3 is 0 Å². The van der Waals surface area contributed by atoms with Gasteiger partial charge in [0.15, 0.2) is 0 Å². The van der Waals surface area contributed by atoms with Gasteiger partial charge < -0.3 is 19.9 Å². The summed E-state index contributed by atoms with van der Waals surface area (Å²) < 4.78 is 15.9. The molecule has 0 aromatic heterocycles. The quantitative estimate of drug-likeness (QED) is 0.434. The van der Waals surface area contributed by atoms with Crippen LogP contribution in [0, 0.1) is 5.41 Å². The minimum absolute atomic E-state index is 0.0601. The summed E-state index contributed by atoms with van der Waals surface area (Å²) in [4.78, 5) is 0. The molecule has 5 heteroatoms. The fourth-order valence-corrected chi connectivity index (χ4v) is 1.42. The second kappa shape index (κ2) is 5.65. The number of nitrogens with one attached hydrogen (secondary N) is 1. The second-order valence-electron chi connectivity index (χ2n) is 3.82. The first-order valence-electron chi connectivity index (χ1n) is 5.52. The molecular formula is C12H16N2O3. The second-order valence-corrected chi connectivity index (χ2v) is 3.82. The Hall–Kier alpha value is -1.59. The maximum atomic E-state index is 7.25. The van der Waals surface area contributed by atoms with Crippen LogP contribution in [0.3, 0.4) is 0 Å². The van der Waals surface area contributed by atoms with Crippen molar-refractivity contribution in [3.8, 4) is 5.75 Å². The van der Waals surface area contributed by atoms with E-state index in [0.29, 0.717) is 32.0 Å². The molecule has 1 aliphatic heterocycles. The highest BCUT2D eigenvalue weighted by Crippen LogP contribution is 2.12. The Morgan fingerprint density at radius 3 is 2.53 bits per heavy atom. The average Bonchev–Trinajstić information content (AvgIpc) is 2.27. The van der Waals surface area contributed by atoms with Crippen molar-refractivity contribution < 1.29 is 14.2 Å². The third-order valence-corrected chi connectivity index (χ3v) is 2.48. The molecule has 3 N–H and O–H groups in total. The Bertz CT molecular complexity index is 374. The summed E-state index contributed by atoms with van der Waals surface area (Å²) >= 11 is 0. The number of nitrogens with two attached hydrogens (primary N) is 1. The van der Waals surface area contributed by atoms with E-state index in [0.717, 1.165) is 5.75 Å². The van der Waals surface area contributed by atoms with Gasteiger partial charge in [-0.3, -0.25) is 5.41 Å². The van der Waals surface area contributed by atoms with Crippen LogP contribution in [0.25, 0.3) is 0 Å². The Labute approximate surface area is 100.0 Å². The van der Waals surface area contributed by atoms with Crippen LogP contribution in [0.1, 0.15) is 5.56 Å². The first kappa shape index (κ1) is 11.9. The van der Waals surface area contributed by atoms with Gasteiger partial charge in [-0.2, -0.15) is 0 Å². The summed E-state index contributed by atoms with van der Waals surface area (Å²) in [6.07, 6.45) is 0.235. The summed E-state index contributed by atoms with van der Waals surface area (Å²) in [5.74, 6) is 0.813. The molecule has 1 aromatic carbocycles. The van der Waals surface area contributed by atoms with Gasteiger partial charge in [0.25, 0.3) is 0 Å². The van der Waals surface area contributed by atoms with Crippen molar-refractivity contribution in [3.63, 3.8) is 0 Å². The predicted molar refractivity (Wildman–Crippen MR) is 63.5 cm³/mol. The molecule has 5 nitrogen and oxygen atoms in total. The van der Waals surface area contributed by atoms with Crippen LogP contribution in [-0.2, 0) is 9.47 Å². The van der Waals surface area contributed by atoms with Crippen molar-refractivity contribution in [1.82, 2.24) is 0 Å². The van der Waals surface area contributed by atoms with Crippen molar-refractivity contribution in [1.29, 1.82) is 5.41 Å². The first-order chi connectivity index (χ1) is 8.25. The molecule has 0 amide bonds. The lowest BCUT2D eigenvalue weighted by molar-refractivity contribution is -0.132. The van der Waals surface area contributed by atoms with E-state index in [4.69, 9.17) is 25.4 Å². The van der Waals surface area contributed by atoms with E-state index < -0.39 is 0 Å². The van der Waals surface area contributed by atoms with E-state index in [-0.39, 0.29) is 11.9 Å². The van der Waals surface area contributed by atoms with Crippen LogP contribution >= 0.6 is 0 Å². The summed E-state index contributed by atoms with van der Waals surface area (Å²) in [6, 6.07) is 7.11. The fourth-order valence-electron chi connectivity index (χ4n) is 1.42. The van der Waals surface area contributed by atoms with Gasteiger partial charge in [0, 0.05) is 5.56 Å². The first-order valence-corrected chi connectivity index (χ1v) is 5.52. The molecule has 0 atom stereocenters. The lowest BCUT2D eigenvalue weighted by atomic mass is 10.2. The third-order valence-electron chi connectivity index (χ3n) is 2.48. The minimum Gasteiger partial charge on any atom is -0.491 e. The summed E-state index contributed by atoms with van der Waals surface area (Å²) in [6.45, 7) is 2.44. The van der Waals surface area contributed by atoms with E-state index >= 15 is 0 Å². The molecule has 0 bridgehead atoms. The highest BCUT2D eigenvalue weighted by Gasteiger charge is 2.18. The SMILES string of the molecule is N=C(N)c1ccc(OCCOC2COC2)cc1. The summed E-state index contributed by atoms with van der Waals surface area (Å²) in [7, 11) is 0. The van der Waals surface area contributed by atoms with Crippen molar-refractivity contribution in [2.75, 3.05) is 26.4 Å². The van der Waals surface area contributed by atoms with Crippen LogP contribution < -0.4 is 10.5 Å². The normalized spacial score (nSPS) is 15.3. The Morgan fingerprint density at radius 2 is 2.00 bits per heavy atom. The van der Waals surface area contributed by atoms with Gasteiger partial charge in [0.2, 0.25) is 0 Å². The smallest absolute Gasteiger partial charge is 0.122 e. The number of nitrogen functional groups attached to an aromatic ring is 1. The Balaban J connectivity index is 1.69. The number of rotatable bonds is 6. The highest BCUT2D eigenvalue weighted by atomic mass is 16.6. The van der Waals surface area contributed by atoms with Crippen molar-refractivity contribution >= 4 is 5.84 Å². The molecule has 1 fully saturated rings. The summed E-state index contributed by atoms with van der Waals surface area (Å²) in [5, 5.41) is 7.25. The van der Waals surface area contributed by atoms with Crippen molar-refractivity contribution in [3.05, 3.63) is 29.8 Å². The monoisotopic (exact) mass is 236 g/mol. The van der Waals surface area contributed by atoms with Crippen LogP contribution in [-0.4, -0.2) is 38.4 Å². The van der Waals surface area contributed by atoms with Crippen LogP contribution in [0.15, 0.2) is 24.3 Å². The predicted octanol–water partition coefficient (Wildman–Crippen LogP) is 0.765. The van der Waals surface area contributed by atoms with Crippen LogP contribution in [0.5, 0.6) is 5.75 Å². The van der Waals surface area contributed by atoms with Crippen LogP contribution in [0.2, 0.25) is 0 Å². The van der Waals surface area contributed by atoms with E-state index in [1.54, 1.807) is 24.3 Å². The third kappa shape index (κ3) is 3.44. The van der Waals surface area contributed by atoms with Gasteiger partial charge in [-0.1, -0.05) is 0 Å². The zero-order valence-corrected chi connectivity index (χ0v) is 9.52. The molecule has 2 rings (SSSR count). The maximum absolute atomic E-state index is 7.25. The van der Waals surface area contributed by atoms with E-state index in [2.05, 4.69) is 0 Å². The molecule has 1 heterocycles. The van der Waals surface area contributed by atoms with Crippen molar-refractivity contribution in [2.24, 2.45) is 5.73 Å². The Morgan fingerprint density at radius 1 is 1.29 bits per heavy atom. The molecule has 0 spiro atoms. The molecule has 1 aliphatic rings. The highest BCUT2D eigenvalue weighted by molar-refractivity contribution is 5.94. The van der Waals surface area contributed by atoms with Gasteiger partial charge in [-0.05, 0) is 24.3 Å². The molecule has 0 saturated carbocycles. The molecule has 1 aromatic rings. The average molecular weight is 236 g/mol. The van der Waals surface area contributed by atoms with Gasteiger partial charge in [-0.25, -0.2) is 0 Å². The molecule has 0 aliphatic carbocycles. The lowest BCUT2D eigenvalue weighted by Crippen LogP contribution is -2.37. The topological polar surface area (TPSA) is 77.6 Å². The molecule has 0 radical (unpaired) electrons. The molecule has 1 saturated heterocycles. The molecule has 0 unspecified atom stereocenters. The summed E-state index contributed by atoms with van der Waals surface area (Å²) in [5.41, 5.74) is 6.05. The fraction of sp³-hybridized carbons (Fsp3) is 0.417.